The van der Waals surface area contributed by atoms with Crippen LogP contribution in [0, 0.1) is 16.0 Å². The minimum atomic E-state index is -0.706. The van der Waals surface area contributed by atoms with Crippen LogP contribution in [0.25, 0.3) is 0 Å². The van der Waals surface area contributed by atoms with Gasteiger partial charge < -0.3 is 15.3 Å². The number of hydrogen-bond donors (Lipinski definition) is 2. The van der Waals surface area contributed by atoms with E-state index in [1.165, 1.54) is 18.2 Å². The fraction of sp³-hybridized carbons (Fsp3) is 0.500. The molecule has 0 radical (unpaired) electrons. The van der Waals surface area contributed by atoms with Gasteiger partial charge in [-0.05, 0) is 31.5 Å². The second kappa shape index (κ2) is 6.53. The van der Waals surface area contributed by atoms with Crippen molar-refractivity contribution in [3.8, 4) is 5.75 Å². The Labute approximate surface area is 122 Å². The molecule has 1 atom stereocenters. The number of rotatable bonds is 5. The fourth-order valence-corrected chi connectivity index (χ4v) is 2.56. The van der Waals surface area contributed by atoms with E-state index in [4.69, 9.17) is 0 Å². The first-order valence-corrected chi connectivity index (χ1v) is 6.99. The SMILES string of the molecule is CCN1CCC(CNC(=O)c2cccc([N+](=O)[O-])c2O)C1. The third-order valence-corrected chi connectivity index (χ3v) is 3.82. The molecule has 1 heterocycles. The molecule has 0 bridgehead atoms. The summed E-state index contributed by atoms with van der Waals surface area (Å²) in [5, 5.41) is 23.3. The van der Waals surface area contributed by atoms with Crippen LogP contribution < -0.4 is 5.32 Å². The van der Waals surface area contributed by atoms with Gasteiger partial charge >= 0.3 is 5.69 Å². The molecule has 1 amide bonds. The molecule has 0 spiro atoms. The van der Waals surface area contributed by atoms with Crippen molar-refractivity contribution in [3.05, 3.63) is 33.9 Å². The van der Waals surface area contributed by atoms with Crippen LogP contribution in [0.3, 0.4) is 0 Å². The van der Waals surface area contributed by atoms with Crippen molar-refractivity contribution < 1.29 is 14.8 Å². The van der Waals surface area contributed by atoms with Gasteiger partial charge in [-0.3, -0.25) is 14.9 Å². The van der Waals surface area contributed by atoms with Crippen molar-refractivity contribution in [1.82, 2.24) is 10.2 Å². The van der Waals surface area contributed by atoms with E-state index in [0.717, 1.165) is 26.1 Å². The topological polar surface area (TPSA) is 95.7 Å². The van der Waals surface area contributed by atoms with E-state index in [1.807, 2.05) is 0 Å². The van der Waals surface area contributed by atoms with Gasteiger partial charge in [0.25, 0.3) is 5.91 Å². The van der Waals surface area contributed by atoms with E-state index < -0.39 is 22.3 Å². The molecule has 7 nitrogen and oxygen atoms in total. The van der Waals surface area contributed by atoms with Crippen molar-refractivity contribution in [2.45, 2.75) is 13.3 Å². The maximum Gasteiger partial charge on any atom is 0.311 e. The molecule has 1 unspecified atom stereocenters. The average Bonchev–Trinajstić information content (AvgIpc) is 2.92. The van der Waals surface area contributed by atoms with Crippen molar-refractivity contribution >= 4 is 11.6 Å². The zero-order valence-corrected chi connectivity index (χ0v) is 11.9. The lowest BCUT2D eigenvalue weighted by Gasteiger charge is -2.14. The number of carbonyl (C=O) groups is 1. The molecule has 1 aromatic rings. The second-order valence-corrected chi connectivity index (χ2v) is 5.19. The lowest BCUT2D eigenvalue weighted by molar-refractivity contribution is -0.385. The Morgan fingerprint density at radius 2 is 2.33 bits per heavy atom. The van der Waals surface area contributed by atoms with Gasteiger partial charge in [-0.15, -0.1) is 0 Å². The number of benzene rings is 1. The van der Waals surface area contributed by atoms with E-state index >= 15 is 0 Å². The van der Waals surface area contributed by atoms with Gasteiger partial charge in [0, 0.05) is 19.2 Å². The number of nitro benzene ring substituents is 1. The Bertz CT molecular complexity index is 547. The molecule has 1 fully saturated rings. The normalized spacial score (nSPS) is 18.6. The first-order chi connectivity index (χ1) is 10.0. The highest BCUT2D eigenvalue weighted by molar-refractivity contribution is 5.98. The number of phenols is 1. The summed E-state index contributed by atoms with van der Waals surface area (Å²) in [4.78, 5) is 24.4. The second-order valence-electron chi connectivity index (χ2n) is 5.19. The standard InChI is InChI=1S/C14H19N3O4/c1-2-16-7-6-10(9-16)8-15-14(19)11-4-3-5-12(13(11)18)17(20)21/h3-5,10,18H,2,6-9H2,1H3,(H,15,19). The summed E-state index contributed by atoms with van der Waals surface area (Å²) in [5.41, 5.74) is -0.518. The quantitative estimate of drug-likeness (QED) is 0.631. The van der Waals surface area contributed by atoms with Gasteiger partial charge in [0.15, 0.2) is 0 Å². The van der Waals surface area contributed by atoms with Crippen molar-refractivity contribution in [2.75, 3.05) is 26.2 Å². The Morgan fingerprint density at radius 1 is 1.57 bits per heavy atom. The summed E-state index contributed by atoms with van der Waals surface area (Å²) >= 11 is 0. The Morgan fingerprint density at radius 3 is 2.95 bits per heavy atom. The Hall–Kier alpha value is -2.15. The zero-order valence-electron chi connectivity index (χ0n) is 11.9. The molecule has 7 heteroatoms. The molecule has 0 aliphatic carbocycles. The summed E-state index contributed by atoms with van der Waals surface area (Å²) in [6, 6.07) is 3.94. The van der Waals surface area contributed by atoms with E-state index in [1.54, 1.807) is 0 Å². The van der Waals surface area contributed by atoms with Crippen LogP contribution in [0.5, 0.6) is 5.75 Å². The predicted octanol–water partition coefficient (Wildman–Crippen LogP) is 1.37. The van der Waals surface area contributed by atoms with E-state index in [-0.39, 0.29) is 5.56 Å². The summed E-state index contributed by atoms with van der Waals surface area (Å²) in [6.45, 7) is 5.58. The van der Waals surface area contributed by atoms with Crippen LogP contribution in [0.15, 0.2) is 18.2 Å². The molecule has 2 N–H and O–H groups in total. The monoisotopic (exact) mass is 293 g/mol. The Kier molecular flexibility index (Phi) is 4.74. The van der Waals surface area contributed by atoms with Crippen molar-refractivity contribution in [1.29, 1.82) is 0 Å². The van der Waals surface area contributed by atoms with E-state index in [9.17, 15) is 20.0 Å². The van der Waals surface area contributed by atoms with Gasteiger partial charge in [0.2, 0.25) is 5.75 Å². The maximum absolute atomic E-state index is 12.0. The Balaban J connectivity index is 1.98. The largest absolute Gasteiger partial charge is 0.502 e. The molecule has 114 valence electrons. The van der Waals surface area contributed by atoms with Crippen LogP contribution in [-0.2, 0) is 0 Å². The lowest BCUT2D eigenvalue weighted by atomic mass is 10.1. The molecule has 1 aliphatic heterocycles. The molecule has 1 aliphatic rings. The molecule has 21 heavy (non-hydrogen) atoms. The number of phenolic OH excluding ortho intramolecular Hbond substituents is 1. The molecular weight excluding hydrogens is 274 g/mol. The zero-order chi connectivity index (χ0) is 15.4. The molecule has 0 saturated carbocycles. The summed E-state index contributed by atoms with van der Waals surface area (Å²) < 4.78 is 0. The average molecular weight is 293 g/mol. The van der Waals surface area contributed by atoms with E-state index in [2.05, 4.69) is 17.1 Å². The number of amides is 1. The molecule has 0 aromatic heterocycles. The van der Waals surface area contributed by atoms with E-state index in [0.29, 0.717) is 12.5 Å². The number of hydrogen-bond acceptors (Lipinski definition) is 5. The lowest BCUT2D eigenvalue weighted by Crippen LogP contribution is -2.31. The molecule has 1 aromatic carbocycles. The van der Waals surface area contributed by atoms with Crippen LogP contribution in [0.2, 0.25) is 0 Å². The van der Waals surface area contributed by atoms with Gasteiger partial charge in [0.05, 0.1) is 10.5 Å². The number of nitrogens with zero attached hydrogens (tertiary/aromatic N) is 2. The third-order valence-electron chi connectivity index (χ3n) is 3.82. The number of nitrogens with one attached hydrogen (secondary N) is 1. The number of likely N-dealkylation sites (tertiary alicyclic amines) is 1. The van der Waals surface area contributed by atoms with Gasteiger partial charge in [0.1, 0.15) is 0 Å². The predicted molar refractivity (Wildman–Crippen MR) is 77.3 cm³/mol. The van der Waals surface area contributed by atoms with Gasteiger partial charge in [-0.1, -0.05) is 13.0 Å². The highest BCUT2D eigenvalue weighted by Gasteiger charge is 2.24. The van der Waals surface area contributed by atoms with Gasteiger partial charge in [-0.2, -0.15) is 0 Å². The summed E-state index contributed by atoms with van der Waals surface area (Å²) in [6.07, 6.45) is 1.02. The number of carbonyl (C=O) groups excluding carboxylic acids is 1. The van der Waals surface area contributed by atoms with Crippen molar-refractivity contribution in [2.24, 2.45) is 5.92 Å². The van der Waals surface area contributed by atoms with Crippen LogP contribution in [0.4, 0.5) is 5.69 Å². The van der Waals surface area contributed by atoms with Crippen LogP contribution >= 0.6 is 0 Å². The van der Waals surface area contributed by atoms with Crippen LogP contribution in [0.1, 0.15) is 23.7 Å². The first kappa shape index (κ1) is 15.2. The maximum atomic E-state index is 12.0. The minimum absolute atomic E-state index is 0.0606. The van der Waals surface area contributed by atoms with Crippen molar-refractivity contribution in [3.63, 3.8) is 0 Å². The summed E-state index contributed by atoms with van der Waals surface area (Å²) in [5.74, 6) is -0.678. The molecule has 1 saturated heterocycles. The molecular formula is C14H19N3O4. The fourth-order valence-electron chi connectivity index (χ4n) is 2.56. The highest BCUT2D eigenvalue weighted by Crippen LogP contribution is 2.29. The summed E-state index contributed by atoms with van der Waals surface area (Å²) in [7, 11) is 0. The minimum Gasteiger partial charge on any atom is -0.502 e. The van der Waals surface area contributed by atoms with Gasteiger partial charge in [-0.25, -0.2) is 0 Å². The third kappa shape index (κ3) is 3.49. The highest BCUT2D eigenvalue weighted by atomic mass is 16.6. The first-order valence-electron chi connectivity index (χ1n) is 6.99. The number of aromatic hydroxyl groups is 1. The smallest absolute Gasteiger partial charge is 0.311 e. The van der Waals surface area contributed by atoms with Crippen LogP contribution in [-0.4, -0.2) is 47.0 Å². The number of para-hydroxylation sites is 1. The molecule has 2 rings (SSSR count). The number of nitro groups is 1.